The molecule has 0 fully saturated rings. The molecule has 7 nitrogen and oxygen atoms in total. The van der Waals surface area contributed by atoms with Crippen molar-refractivity contribution in [3.05, 3.63) is 104 Å². The second kappa shape index (κ2) is 8.38. The summed E-state index contributed by atoms with van der Waals surface area (Å²) in [6.45, 7) is 0.602. The van der Waals surface area contributed by atoms with E-state index in [4.69, 9.17) is 0 Å². The second-order valence-corrected chi connectivity index (χ2v) is 7.48. The van der Waals surface area contributed by atoms with Gasteiger partial charge >= 0.3 is 0 Å². The van der Waals surface area contributed by atoms with Crippen LogP contribution in [0.25, 0.3) is 6.08 Å². The summed E-state index contributed by atoms with van der Waals surface area (Å²) in [6, 6.07) is 13.7. The molecule has 0 spiro atoms. The lowest BCUT2D eigenvalue weighted by atomic mass is 10.1. The molecule has 2 heterocycles. The Balaban J connectivity index is 1.67. The zero-order valence-electron chi connectivity index (χ0n) is 15.6. The van der Waals surface area contributed by atoms with Gasteiger partial charge in [-0.3, -0.25) is 14.9 Å². The van der Waals surface area contributed by atoms with Gasteiger partial charge in [0.15, 0.2) is 5.84 Å². The van der Waals surface area contributed by atoms with E-state index in [1.165, 1.54) is 24.3 Å². The lowest BCUT2D eigenvalue weighted by molar-refractivity contribution is -0.384. The molecule has 2 aliphatic rings. The molecule has 2 aromatic rings. The minimum atomic E-state index is -0.499. The Morgan fingerprint density at radius 1 is 1.20 bits per heavy atom. The minimum Gasteiger partial charge on any atom is -0.327 e. The molecule has 0 unspecified atom stereocenters. The van der Waals surface area contributed by atoms with Crippen molar-refractivity contribution in [1.29, 1.82) is 0 Å². The van der Waals surface area contributed by atoms with Crippen molar-refractivity contribution < 1.29 is 9.72 Å². The van der Waals surface area contributed by atoms with Crippen LogP contribution in [0.3, 0.4) is 0 Å². The van der Waals surface area contributed by atoms with Crippen LogP contribution in [0.15, 0.2) is 87.4 Å². The van der Waals surface area contributed by atoms with Crippen LogP contribution in [0.4, 0.5) is 5.69 Å². The van der Waals surface area contributed by atoms with E-state index in [0.717, 1.165) is 15.6 Å². The number of nitro groups is 1. The Labute approximate surface area is 180 Å². The van der Waals surface area contributed by atoms with Crippen LogP contribution in [-0.4, -0.2) is 27.4 Å². The van der Waals surface area contributed by atoms with Crippen LogP contribution in [0.5, 0.6) is 0 Å². The summed E-state index contributed by atoms with van der Waals surface area (Å²) in [5, 5.41) is 10.9. The summed E-state index contributed by atoms with van der Waals surface area (Å²) in [4.78, 5) is 33.7. The lowest BCUT2D eigenvalue weighted by Gasteiger charge is -2.21. The topological polar surface area (TPSA) is 88.2 Å². The third kappa shape index (κ3) is 4.33. The van der Waals surface area contributed by atoms with E-state index < -0.39 is 10.8 Å². The standard InChI is InChI=1S/C22H15BrN4O3/c23-17-9-10-20-24-22(19-7-2-1-5-16(19)13-26(20)14-17)25-21(28)11-8-15-4-3-6-18(12-15)27(29)30/h1-12,14H,13H2/b11-8+,25-22?. The monoisotopic (exact) mass is 462 g/mol. The van der Waals surface area contributed by atoms with Crippen molar-refractivity contribution in [3.63, 3.8) is 0 Å². The van der Waals surface area contributed by atoms with Crippen molar-refractivity contribution >= 4 is 45.3 Å². The van der Waals surface area contributed by atoms with Gasteiger partial charge in [0.1, 0.15) is 5.84 Å². The average molecular weight is 463 g/mol. The Bertz CT molecular complexity index is 1190. The summed E-state index contributed by atoms with van der Waals surface area (Å²) in [6.07, 6.45) is 8.46. The number of non-ortho nitro benzene ring substituents is 1. The van der Waals surface area contributed by atoms with E-state index in [9.17, 15) is 14.9 Å². The number of carbonyl (C=O) groups is 1. The summed E-state index contributed by atoms with van der Waals surface area (Å²) < 4.78 is 0.926. The molecular weight excluding hydrogens is 448 g/mol. The molecule has 148 valence electrons. The molecular formula is C22H15BrN4O3. The van der Waals surface area contributed by atoms with Gasteiger partial charge in [-0.2, -0.15) is 4.99 Å². The molecule has 8 heteroatoms. The van der Waals surface area contributed by atoms with Gasteiger partial charge in [0.05, 0.1) is 4.92 Å². The first-order valence-electron chi connectivity index (χ1n) is 9.04. The van der Waals surface area contributed by atoms with Crippen LogP contribution in [0.2, 0.25) is 0 Å². The number of nitrogens with zero attached hydrogens (tertiary/aromatic N) is 4. The molecule has 0 saturated heterocycles. The first-order valence-corrected chi connectivity index (χ1v) is 9.83. The second-order valence-electron chi connectivity index (χ2n) is 6.56. The van der Waals surface area contributed by atoms with Crippen molar-refractivity contribution in [2.24, 2.45) is 9.98 Å². The van der Waals surface area contributed by atoms with E-state index in [1.807, 2.05) is 47.5 Å². The van der Waals surface area contributed by atoms with E-state index in [1.54, 1.807) is 12.1 Å². The fraction of sp³-hybridized carbons (Fsp3) is 0.0455. The van der Waals surface area contributed by atoms with Gasteiger partial charge in [-0.15, -0.1) is 0 Å². The third-order valence-corrected chi connectivity index (χ3v) is 4.97. The Kier molecular flexibility index (Phi) is 5.49. The molecule has 0 radical (unpaired) electrons. The predicted octanol–water partition coefficient (Wildman–Crippen LogP) is 4.60. The summed E-state index contributed by atoms with van der Waals surface area (Å²) >= 11 is 3.47. The minimum absolute atomic E-state index is 0.0385. The van der Waals surface area contributed by atoms with E-state index in [-0.39, 0.29) is 5.69 Å². The number of amides is 1. The fourth-order valence-corrected chi connectivity index (χ4v) is 3.48. The Hall–Kier alpha value is -3.65. The molecule has 0 saturated carbocycles. The number of benzene rings is 2. The van der Waals surface area contributed by atoms with Gasteiger partial charge in [0.25, 0.3) is 11.6 Å². The molecule has 0 bridgehead atoms. The lowest BCUT2D eigenvalue weighted by Crippen LogP contribution is -2.24. The molecule has 0 aliphatic carbocycles. The Morgan fingerprint density at radius 2 is 2.03 bits per heavy atom. The first-order chi connectivity index (χ1) is 14.5. The fourth-order valence-electron chi connectivity index (χ4n) is 3.10. The zero-order chi connectivity index (χ0) is 21.1. The Morgan fingerprint density at radius 3 is 2.87 bits per heavy atom. The maximum atomic E-state index is 12.5. The van der Waals surface area contributed by atoms with Crippen LogP contribution >= 0.6 is 15.9 Å². The first kappa shape index (κ1) is 19.7. The van der Waals surface area contributed by atoms with Crippen molar-refractivity contribution in [2.75, 3.05) is 0 Å². The van der Waals surface area contributed by atoms with Crippen LogP contribution in [0.1, 0.15) is 16.7 Å². The van der Waals surface area contributed by atoms with Crippen molar-refractivity contribution in [1.82, 2.24) is 4.90 Å². The number of amidine groups is 2. The SMILES string of the molecule is O=C(/C=C/c1cccc([N+](=O)[O-])c1)N=C1N=C2C=CC(Br)=CN2Cc2ccccc21. The predicted molar refractivity (Wildman–Crippen MR) is 119 cm³/mol. The van der Waals surface area contributed by atoms with Gasteiger partial charge in [-0.1, -0.05) is 36.4 Å². The number of nitro benzene ring substituents is 1. The number of allylic oxidation sites excluding steroid dienone is 2. The highest BCUT2D eigenvalue weighted by Crippen LogP contribution is 2.24. The molecule has 4 rings (SSSR count). The number of hydrogen-bond donors (Lipinski definition) is 0. The van der Waals surface area contributed by atoms with Gasteiger partial charge in [0.2, 0.25) is 0 Å². The molecule has 2 aromatic carbocycles. The maximum absolute atomic E-state index is 12.5. The molecule has 0 N–H and O–H groups in total. The summed E-state index contributed by atoms with van der Waals surface area (Å²) in [5.41, 5.74) is 2.29. The quantitative estimate of drug-likeness (QED) is 0.378. The average Bonchev–Trinajstić information content (AvgIpc) is 2.88. The van der Waals surface area contributed by atoms with Crippen LogP contribution < -0.4 is 0 Å². The highest BCUT2D eigenvalue weighted by molar-refractivity contribution is 9.11. The summed E-state index contributed by atoms with van der Waals surface area (Å²) in [7, 11) is 0. The molecule has 0 aromatic heterocycles. The third-order valence-electron chi connectivity index (χ3n) is 4.50. The smallest absolute Gasteiger partial charge is 0.271 e. The van der Waals surface area contributed by atoms with Gasteiger partial charge in [0, 0.05) is 41.0 Å². The van der Waals surface area contributed by atoms with Crippen LogP contribution in [0, 0.1) is 10.1 Å². The van der Waals surface area contributed by atoms with Crippen molar-refractivity contribution in [3.8, 4) is 0 Å². The largest absolute Gasteiger partial charge is 0.327 e. The van der Waals surface area contributed by atoms with Crippen LogP contribution in [-0.2, 0) is 11.3 Å². The van der Waals surface area contributed by atoms with E-state index in [2.05, 4.69) is 25.9 Å². The van der Waals surface area contributed by atoms with Gasteiger partial charge in [-0.25, -0.2) is 4.99 Å². The van der Waals surface area contributed by atoms with Gasteiger partial charge < -0.3 is 4.90 Å². The van der Waals surface area contributed by atoms with E-state index >= 15 is 0 Å². The van der Waals surface area contributed by atoms with Crippen molar-refractivity contribution in [2.45, 2.75) is 6.54 Å². The highest BCUT2D eigenvalue weighted by Gasteiger charge is 2.21. The maximum Gasteiger partial charge on any atom is 0.271 e. The number of hydrogen-bond acceptors (Lipinski definition) is 4. The number of carbonyl (C=O) groups excluding carboxylic acids is 1. The highest BCUT2D eigenvalue weighted by atomic mass is 79.9. The summed E-state index contributed by atoms with van der Waals surface area (Å²) in [5.74, 6) is 0.511. The molecule has 2 aliphatic heterocycles. The number of halogens is 1. The van der Waals surface area contributed by atoms with Gasteiger partial charge in [-0.05, 0) is 45.3 Å². The normalized spacial score (nSPS) is 16.6. The molecule has 30 heavy (non-hydrogen) atoms. The molecule has 1 amide bonds. The molecule has 0 atom stereocenters. The van der Waals surface area contributed by atoms with E-state index in [0.29, 0.717) is 23.8 Å². The number of aliphatic imine (C=N–C) groups is 2. The number of rotatable bonds is 3. The number of fused-ring (bicyclic) bond motifs is 2. The zero-order valence-corrected chi connectivity index (χ0v) is 17.2.